The van der Waals surface area contributed by atoms with Gasteiger partial charge in [0.1, 0.15) is 6.04 Å². The molecular weight excluding hydrogens is 532 g/mol. The Balaban J connectivity index is 1.79. The first-order valence-corrected chi connectivity index (χ1v) is 14.3. The summed E-state index contributed by atoms with van der Waals surface area (Å²) in [6, 6.07) is 27.6. The summed E-state index contributed by atoms with van der Waals surface area (Å²) in [5, 5.41) is 3.08. The molecule has 36 heavy (non-hydrogen) atoms. The summed E-state index contributed by atoms with van der Waals surface area (Å²) in [7, 11) is 0. The standard InChI is InChI=1S/C30H35BrN2O2S/c1-23(2)20-32-30(35)28(19-24-10-5-3-6-11-24)33(21-26-14-9-15-27(31)18-26)29(34)16-17-36-22-25-12-7-4-8-13-25/h3-15,18,23,28H,16-17,19-22H2,1-2H3,(H,32,35)/t28-/m1/s1. The van der Waals surface area contributed by atoms with Gasteiger partial charge in [0.15, 0.2) is 0 Å². The minimum Gasteiger partial charge on any atom is -0.354 e. The van der Waals surface area contributed by atoms with Crippen molar-refractivity contribution in [2.45, 2.75) is 45.0 Å². The molecule has 0 unspecified atom stereocenters. The lowest BCUT2D eigenvalue weighted by Gasteiger charge is -2.32. The summed E-state index contributed by atoms with van der Waals surface area (Å²) in [6.45, 7) is 5.10. The fourth-order valence-corrected chi connectivity index (χ4v) is 5.21. The van der Waals surface area contributed by atoms with Crippen molar-refractivity contribution >= 4 is 39.5 Å². The predicted octanol–water partition coefficient (Wildman–Crippen LogP) is 6.48. The summed E-state index contributed by atoms with van der Waals surface area (Å²) >= 11 is 5.28. The number of nitrogens with zero attached hydrogens (tertiary/aromatic N) is 1. The molecule has 0 aromatic heterocycles. The summed E-state index contributed by atoms with van der Waals surface area (Å²) in [5.41, 5.74) is 3.27. The van der Waals surface area contributed by atoms with E-state index in [1.807, 2.05) is 72.8 Å². The first-order chi connectivity index (χ1) is 17.4. The van der Waals surface area contributed by atoms with E-state index in [1.165, 1.54) is 5.56 Å². The van der Waals surface area contributed by atoms with Crippen molar-refractivity contribution in [1.29, 1.82) is 0 Å². The largest absolute Gasteiger partial charge is 0.354 e. The molecule has 0 saturated heterocycles. The molecule has 3 aromatic rings. The number of halogens is 1. The third-order valence-corrected chi connectivity index (χ3v) is 7.29. The van der Waals surface area contributed by atoms with Crippen LogP contribution in [-0.2, 0) is 28.3 Å². The lowest BCUT2D eigenvalue weighted by Crippen LogP contribution is -2.51. The molecule has 0 spiro atoms. The Morgan fingerprint density at radius 3 is 2.17 bits per heavy atom. The molecule has 6 heteroatoms. The molecule has 0 bridgehead atoms. The maximum Gasteiger partial charge on any atom is 0.243 e. The topological polar surface area (TPSA) is 49.4 Å². The van der Waals surface area contributed by atoms with E-state index >= 15 is 0 Å². The van der Waals surface area contributed by atoms with Crippen LogP contribution in [0.5, 0.6) is 0 Å². The van der Waals surface area contributed by atoms with Gasteiger partial charge >= 0.3 is 0 Å². The van der Waals surface area contributed by atoms with E-state index in [0.717, 1.165) is 21.4 Å². The van der Waals surface area contributed by atoms with Gasteiger partial charge in [0.25, 0.3) is 0 Å². The van der Waals surface area contributed by atoms with Crippen LogP contribution in [0.25, 0.3) is 0 Å². The Morgan fingerprint density at radius 2 is 1.53 bits per heavy atom. The van der Waals surface area contributed by atoms with Gasteiger partial charge in [-0.05, 0) is 34.7 Å². The second kappa shape index (κ2) is 14.9. The van der Waals surface area contributed by atoms with Gasteiger partial charge in [-0.15, -0.1) is 0 Å². The van der Waals surface area contributed by atoms with Gasteiger partial charge in [-0.2, -0.15) is 11.8 Å². The molecule has 0 heterocycles. The molecule has 0 fully saturated rings. The predicted molar refractivity (Wildman–Crippen MR) is 154 cm³/mol. The van der Waals surface area contributed by atoms with Crippen LogP contribution in [0.4, 0.5) is 0 Å². The number of hydrogen-bond acceptors (Lipinski definition) is 3. The molecule has 2 amide bonds. The first kappa shape index (κ1) is 28.0. The molecule has 0 aliphatic heterocycles. The van der Waals surface area contributed by atoms with Crippen molar-refractivity contribution in [3.05, 3.63) is 106 Å². The summed E-state index contributed by atoms with van der Waals surface area (Å²) in [5.74, 6) is 1.79. The van der Waals surface area contributed by atoms with Gasteiger partial charge in [0.2, 0.25) is 11.8 Å². The number of carbonyl (C=O) groups is 2. The molecule has 0 saturated carbocycles. The van der Waals surface area contributed by atoms with Crippen molar-refractivity contribution in [2.24, 2.45) is 5.92 Å². The highest BCUT2D eigenvalue weighted by Crippen LogP contribution is 2.20. The summed E-state index contributed by atoms with van der Waals surface area (Å²) in [4.78, 5) is 28.9. The third-order valence-electron chi connectivity index (χ3n) is 5.77. The van der Waals surface area contributed by atoms with Gasteiger partial charge in [-0.3, -0.25) is 9.59 Å². The maximum atomic E-state index is 13.6. The van der Waals surface area contributed by atoms with E-state index in [1.54, 1.807) is 16.7 Å². The molecule has 1 N–H and O–H groups in total. The van der Waals surface area contributed by atoms with Crippen molar-refractivity contribution < 1.29 is 9.59 Å². The monoisotopic (exact) mass is 566 g/mol. The van der Waals surface area contributed by atoms with E-state index < -0.39 is 6.04 Å². The van der Waals surface area contributed by atoms with Gasteiger partial charge in [0, 0.05) is 41.9 Å². The SMILES string of the molecule is CC(C)CNC(=O)[C@@H](Cc1ccccc1)N(Cc1cccc(Br)c1)C(=O)CCSCc1ccccc1. The fraction of sp³-hybridized carbons (Fsp3) is 0.333. The molecule has 190 valence electrons. The number of rotatable bonds is 13. The molecule has 4 nitrogen and oxygen atoms in total. The van der Waals surface area contributed by atoms with Crippen molar-refractivity contribution in [3.8, 4) is 0 Å². The van der Waals surface area contributed by atoms with Crippen molar-refractivity contribution in [1.82, 2.24) is 10.2 Å². The fourth-order valence-electron chi connectivity index (χ4n) is 3.88. The highest BCUT2D eigenvalue weighted by molar-refractivity contribution is 9.10. The molecule has 3 aromatic carbocycles. The quantitative estimate of drug-likeness (QED) is 0.241. The Labute approximate surface area is 228 Å². The zero-order valence-electron chi connectivity index (χ0n) is 21.0. The van der Waals surface area contributed by atoms with Crippen molar-refractivity contribution in [3.63, 3.8) is 0 Å². The first-order valence-electron chi connectivity index (χ1n) is 12.4. The van der Waals surface area contributed by atoms with Crippen LogP contribution in [-0.4, -0.2) is 35.1 Å². The van der Waals surface area contributed by atoms with E-state index in [2.05, 4.69) is 47.2 Å². The van der Waals surface area contributed by atoms with Gasteiger partial charge < -0.3 is 10.2 Å². The van der Waals surface area contributed by atoms with Crippen LogP contribution >= 0.6 is 27.7 Å². The van der Waals surface area contributed by atoms with Gasteiger partial charge in [0.05, 0.1) is 0 Å². The summed E-state index contributed by atoms with van der Waals surface area (Å²) < 4.78 is 0.953. The molecule has 1 atom stereocenters. The Hall–Kier alpha value is -2.57. The maximum absolute atomic E-state index is 13.6. The second-order valence-electron chi connectivity index (χ2n) is 9.28. The Kier molecular flexibility index (Phi) is 11.6. The minimum absolute atomic E-state index is 0.00355. The molecule has 0 aliphatic carbocycles. The van der Waals surface area contributed by atoms with Gasteiger partial charge in [-0.25, -0.2) is 0 Å². The van der Waals surface area contributed by atoms with Crippen LogP contribution in [0.3, 0.4) is 0 Å². The normalized spacial score (nSPS) is 11.8. The average Bonchev–Trinajstić information content (AvgIpc) is 2.88. The molecular formula is C30H35BrN2O2S. The molecule has 3 rings (SSSR count). The molecule has 0 aliphatic rings. The number of amides is 2. The lowest BCUT2D eigenvalue weighted by molar-refractivity contribution is -0.141. The van der Waals surface area contributed by atoms with Crippen LogP contribution in [0.2, 0.25) is 0 Å². The third kappa shape index (κ3) is 9.47. The van der Waals surface area contributed by atoms with Crippen LogP contribution in [0.1, 0.15) is 37.0 Å². The van der Waals surface area contributed by atoms with E-state index in [4.69, 9.17) is 0 Å². The molecule has 0 radical (unpaired) electrons. The van der Waals surface area contributed by atoms with E-state index in [0.29, 0.717) is 37.6 Å². The Morgan fingerprint density at radius 1 is 0.889 bits per heavy atom. The zero-order valence-corrected chi connectivity index (χ0v) is 23.4. The number of benzene rings is 3. The number of hydrogen-bond donors (Lipinski definition) is 1. The highest BCUT2D eigenvalue weighted by Gasteiger charge is 2.30. The zero-order chi connectivity index (χ0) is 25.8. The van der Waals surface area contributed by atoms with Crippen LogP contribution in [0.15, 0.2) is 89.4 Å². The van der Waals surface area contributed by atoms with Crippen molar-refractivity contribution in [2.75, 3.05) is 12.3 Å². The number of carbonyl (C=O) groups excluding carboxylic acids is 2. The number of thioether (sulfide) groups is 1. The highest BCUT2D eigenvalue weighted by atomic mass is 79.9. The average molecular weight is 568 g/mol. The lowest BCUT2D eigenvalue weighted by atomic mass is 10.0. The van der Waals surface area contributed by atoms with E-state index in [9.17, 15) is 9.59 Å². The smallest absolute Gasteiger partial charge is 0.243 e. The number of nitrogens with one attached hydrogen (secondary N) is 1. The van der Waals surface area contributed by atoms with Crippen LogP contribution in [0, 0.1) is 5.92 Å². The minimum atomic E-state index is -0.586. The Bertz CT molecular complexity index is 1090. The van der Waals surface area contributed by atoms with E-state index in [-0.39, 0.29) is 11.8 Å². The second-order valence-corrected chi connectivity index (χ2v) is 11.3. The van der Waals surface area contributed by atoms with Gasteiger partial charge in [-0.1, -0.05) is 103 Å². The van der Waals surface area contributed by atoms with Crippen LogP contribution < -0.4 is 5.32 Å². The summed E-state index contributed by atoms with van der Waals surface area (Å²) in [6.07, 6.45) is 0.857.